The Hall–Kier alpha value is -2.48. The summed E-state index contributed by atoms with van der Waals surface area (Å²) in [4.78, 5) is 38.3. The van der Waals surface area contributed by atoms with Crippen LogP contribution in [0.25, 0.3) is 0 Å². The first-order valence-electron chi connectivity index (χ1n) is 8.71. The first kappa shape index (κ1) is 18.3. The summed E-state index contributed by atoms with van der Waals surface area (Å²) in [6.07, 6.45) is 3.43. The van der Waals surface area contributed by atoms with Gasteiger partial charge in [-0.25, -0.2) is 9.97 Å². The minimum absolute atomic E-state index is 0.0156. The molecule has 0 bridgehead atoms. The van der Waals surface area contributed by atoms with E-state index in [9.17, 15) is 9.59 Å². The van der Waals surface area contributed by atoms with Gasteiger partial charge in [-0.2, -0.15) is 0 Å². The van der Waals surface area contributed by atoms with Crippen molar-refractivity contribution in [2.24, 2.45) is 5.92 Å². The van der Waals surface area contributed by atoms with Crippen molar-refractivity contribution in [3.05, 3.63) is 40.8 Å². The summed E-state index contributed by atoms with van der Waals surface area (Å²) >= 11 is 1.37. The Balaban J connectivity index is 1.60. The maximum Gasteiger partial charge on any atom is 0.262 e. The molecular formula is C18H23N5O2S. The van der Waals surface area contributed by atoms with E-state index < -0.39 is 6.04 Å². The number of piperazine rings is 1. The number of hydrogen-bond acceptors (Lipinski definition) is 6. The number of amides is 2. The molecule has 8 heteroatoms. The van der Waals surface area contributed by atoms with Gasteiger partial charge in [0.1, 0.15) is 6.04 Å². The largest absolute Gasteiger partial charge is 0.339 e. The van der Waals surface area contributed by atoms with Gasteiger partial charge in [0.25, 0.3) is 5.91 Å². The van der Waals surface area contributed by atoms with E-state index in [-0.39, 0.29) is 17.7 Å². The van der Waals surface area contributed by atoms with Crippen LogP contribution in [0.5, 0.6) is 0 Å². The molecule has 0 aromatic carbocycles. The van der Waals surface area contributed by atoms with Gasteiger partial charge in [0, 0.05) is 38.6 Å². The highest BCUT2D eigenvalue weighted by molar-refractivity contribution is 7.12. The number of hydrogen-bond donors (Lipinski definition) is 1. The number of aromatic nitrogens is 2. The van der Waals surface area contributed by atoms with Crippen LogP contribution in [0.1, 0.15) is 23.5 Å². The van der Waals surface area contributed by atoms with Crippen molar-refractivity contribution < 1.29 is 9.59 Å². The number of thiophene rings is 1. The number of anilines is 1. The molecule has 1 aliphatic heterocycles. The van der Waals surface area contributed by atoms with Gasteiger partial charge in [0.15, 0.2) is 0 Å². The predicted molar refractivity (Wildman–Crippen MR) is 101 cm³/mol. The summed E-state index contributed by atoms with van der Waals surface area (Å²) in [6.45, 7) is 6.44. The van der Waals surface area contributed by atoms with Gasteiger partial charge in [-0.05, 0) is 23.4 Å². The summed E-state index contributed by atoms with van der Waals surface area (Å²) in [5.74, 6) is 0.481. The van der Waals surface area contributed by atoms with E-state index in [1.54, 1.807) is 24.5 Å². The lowest BCUT2D eigenvalue weighted by Gasteiger charge is -2.37. The second kappa shape index (κ2) is 8.27. The molecule has 0 spiro atoms. The summed E-state index contributed by atoms with van der Waals surface area (Å²) in [7, 11) is 0. The van der Waals surface area contributed by atoms with E-state index in [1.165, 1.54) is 11.3 Å². The average molecular weight is 373 g/mol. The molecule has 0 aliphatic carbocycles. The highest BCUT2D eigenvalue weighted by Crippen LogP contribution is 2.15. The Bertz CT molecular complexity index is 727. The van der Waals surface area contributed by atoms with Gasteiger partial charge in [0.05, 0.1) is 4.88 Å². The molecule has 0 unspecified atom stereocenters. The molecule has 1 atom stereocenters. The summed E-state index contributed by atoms with van der Waals surface area (Å²) < 4.78 is 0. The first-order valence-corrected chi connectivity index (χ1v) is 9.59. The number of carbonyl (C=O) groups is 2. The second-order valence-electron chi connectivity index (χ2n) is 6.53. The Morgan fingerprint density at radius 1 is 1.12 bits per heavy atom. The Morgan fingerprint density at radius 3 is 2.38 bits per heavy atom. The third kappa shape index (κ3) is 4.19. The molecule has 2 aromatic rings. The molecule has 2 amide bonds. The maximum absolute atomic E-state index is 13.0. The summed E-state index contributed by atoms with van der Waals surface area (Å²) in [5, 5.41) is 4.75. The van der Waals surface area contributed by atoms with Gasteiger partial charge in [-0.3, -0.25) is 9.59 Å². The molecule has 1 saturated heterocycles. The molecule has 0 radical (unpaired) electrons. The highest BCUT2D eigenvalue weighted by Gasteiger charge is 2.31. The average Bonchev–Trinajstić information content (AvgIpc) is 3.21. The van der Waals surface area contributed by atoms with Crippen LogP contribution in [0.4, 0.5) is 5.95 Å². The van der Waals surface area contributed by atoms with Crippen LogP contribution in [0.15, 0.2) is 36.0 Å². The number of nitrogens with zero attached hydrogens (tertiary/aromatic N) is 4. The molecule has 0 saturated carbocycles. The molecular weight excluding hydrogens is 350 g/mol. The van der Waals surface area contributed by atoms with Crippen molar-refractivity contribution in [3.63, 3.8) is 0 Å². The van der Waals surface area contributed by atoms with Gasteiger partial charge in [-0.15, -0.1) is 11.3 Å². The second-order valence-corrected chi connectivity index (χ2v) is 7.48. The summed E-state index contributed by atoms with van der Waals surface area (Å²) in [5.41, 5.74) is 0. The minimum atomic E-state index is -0.524. The molecule has 2 aromatic heterocycles. The summed E-state index contributed by atoms with van der Waals surface area (Å²) in [6, 6.07) is 4.85. The standard InChI is InChI=1S/C18H23N5O2S/c1-13(2)15(21-16(24)14-5-3-12-26-14)17(25)22-8-10-23(11-9-22)18-19-6-4-7-20-18/h3-7,12-13,15H,8-11H2,1-2H3,(H,21,24)/t15-/m1/s1. The third-order valence-electron chi connectivity index (χ3n) is 4.39. The van der Waals surface area contributed by atoms with Gasteiger partial charge in [0.2, 0.25) is 11.9 Å². The minimum Gasteiger partial charge on any atom is -0.339 e. The van der Waals surface area contributed by atoms with E-state index in [4.69, 9.17) is 0 Å². The molecule has 1 fully saturated rings. The molecule has 138 valence electrons. The lowest BCUT2D eigenvalue weighted by atomic mass is 10.0. The molecule has 7 nitrogen and oxygen atoms in total. The molecule has 1 aliphatic rings. The normalized spacial score (nSPS) is 15.8. The van der Waals surface area contributed by atoms with Crippen LogP contribution in [-0.4, -0.2) is 58.9 Å². The molecule has 3 rings (SSSR count). The Labute approximate surface area is 157 Å². The number of carbonyl (C=O) groups excluding carboxylic acids is 2. The smallest absolute Gasteiger partial charge is 0.262 e. The predicted octanol–water partition coefficient (Wildman–Crippen LogP) is 1.64. The fourth-order valence-electron chi connectivity index (χ4n) is 2.91. The number of rotatable bonds is 5. The SMILES string of the molecule is CC(C)[C@@H](NC(=O)c1cccs1)C(=O)N1CCN(c2ncccn2)CC1. The zero-order valence-corrected chi connectivity index (χ0v) is 15.8. The van der Waals surface area contributed by atoms with Crippen LogP contribution in [0, 0.1) is 5.92 Å². The van der Waals surface area contributed by atoms with E-state index >= 15 is 0 Å². The number of nitrogens with one attached hydrogen (secondary N) is 1. The van der Waals surface area contributed by atoms with Crippen LogP contribution in [-0.2, 0) is 4.79 Å². The van der Waals surface area contributed by atoms with E-state index in [0.29, 0.717) is 37.0 Å². The van der Waals surface area contributed by atoms with Gasteiger partial charge < -0.3 is 15.1 Å². The highest BCUT2D eigenvalue weighted by atomic mass is 32.1. The fraction of sp³-hybridized carbons (Fsp3) is 0.444. The zero-order valence-electron chi connectivity index (χ0n) is 15.0. The molecule has 3 heterocycles. The van der Waals surface area contributed by atoms with Crippen molar-refractivity contribution in [1.82, 2.24) is 20.2 Å². The van der Waals surface area contributed by atoms with Gasteiger partial charge >= 0.3 is 0 Å². The van der Waals surface area contributed by atoms with Crippen LogP contribution in [0.3, 0.4) is 0 Å². The van der Waals surface area contributed by atoms with Crippen molar-refractivity contribution in [2.75, 3.05) is 31.1 Å². The van der Waals surface area contributed by atoms with E-state index in [1.807, 2.05) is 30.2 Å². The van der Waals surface area contributed by atoms with E-state index in [2.05, 4.69) is 20.2 Å². The van der Waals surface area contributed by atoms with Crippen LogP contribution < -0.4 is 10.2 Å². The van der Waals surface area contributed by atoms with Crippen LogP contribution >= 0.6 is 11.3 Å². The van der Waals surface area contributed by atoms with Crippen molar-refractivity contribution in [3.8, 4) is 0 Å². The Morgan fingerprint density at radius 2 is 1.81 bits per heavy atom. The van der Waals surface area contributed by atoms with Crippen molar-refractivity contribution >= 4 is 29.1 Å². The van der Waals surface area contributed by atoms with Crippen molar-refractivity contribution in [2.45, 2.75) is 19.9 Å². The quantitative estimate of drug-likeness (QED) is 0.862. The maximum atomic E-state index is 13.0. The lowest BCUT2D eigenvalue weighted by Crippen LogP contribution is -2.56. The van der Waals surface area contributed by atoms with Crippen LogP contribution in [0.2, 0.25) is 0 Å². The molecule has 26 heavy (non-hydrogen) atoms. The topological polar surface area (TPSA) is 78.4 Å². The first-order chi connectivity index (χ1) is 12.6. The van der Waals surface area contributed by atoms with E-state index in [0.717, 1.165) is 0 Å². The lowest BCUT2D eigenvalue weighted by molar-refractivity contribution is -0.134. The monoisotopic (exact) mass is 373 g/mol. The third-order valence-corrected chi connectivity index (χ3v) is 5.26. The fourth-order valence-corrected chi connectivity index (χ4v) is 3.54. The molecule has 1 N–H and O–H groups in total. The van der Waals surface area contributed by atoms with Gasteiger partial charge in [-0.1, -0.05) is 19.9 Å². The Kier molecular flexibility index (Phi) is 5.82. The van der Waals surface area contributed by atoms with Crippen molar-refractivity contribution in [1.29, 1.82) is 0 Å². The zero-order chi connectivity index (χ0) is 18.5.